The molecule has 0 bridgehead atoms. The van der Waals surface area contributed by atoms with Gasteiger partial charge in [0.15, 0.2) is 5.69 Å². The lowest BCUT2D eigenvalue weighted by Gasteiger charge is -2.11. The van der Waals surface area contributed by atoms with E-state index in [9.17, 15) is 14.4 Å². The minimum atomic E-state index is -0.473. The van der Waals surface area contributed by atoms with E-state index in [0.29, 0.717) is 24.6 Å². The third-order valence-corrected chi connectivity index (χ3v) is 4.56. The molecule has 10 heteroatoms. The monoisotopic (exact) mass is 386 g/mol. The van der Waals surface area contributed by atoms with E-state index in [-0.39, 0.29) is 34.7 Å². The maximum Gasteiger partial charge on any atom is 0.278 e. The van der Waals surface area contributed by atoms with E-state index in [0.717, 1.165) is 6.42 Å². The topological polar surface area (TPSA) is 127 Å². The quantitative estimate of drug-likeness (QED) is 0.687. The van der Waals surface area contributed by atoms with Crippen molar-refractivity contribution in [3.05, 3.63) is 40.7 Å². The molecule has 1 atom stereocenters. The van der Waals surface area contributed by atoms with Gasteiger partial charge in [-0.3, -0.25) is 14.4 Å². The van der Waals surface area contributed by atoms with Gasteiger partial charge in [-0.1, -0.05) is 5.21 Å². The zero-order valence-corrected chi connectivity index (χ0v) is 15.9. The van der Waals surface area contributed by atoms with Gasteiger partial charge in [-0.25, -0.2) is 4.68 Å². The maximum atomic E-state index is 12.7. The highest BCUT2D eigenvalue weighted by molar-refractivity contribution is 6.06. The van der Waals surface area contributed by atoms with Crippen LogP contribution in [0.1, 0.15) is 49.4 Å². The fourth-order valence-electron chi connectivity index (χ4n) is 3.05. The van der Waals surface area contributed by atoms with E-state index in [2.05, 4.69) is 26.3 Å². The summed E-state index contributed by atoms with van der Waals surface area (Å²) in [6, 6.07) is 4.50. The Morgan fingerprint density at radius 2 is 1.71 bits per heavy atom. The van der Waals surface area contributed by atoms with Crippen LogP contribution in [-0.4, -0.2) is 60.0 Å². The van der Waals surface area contributed by atoms with Crippen LogP contribution in [0.15, 0.2) is 18.2 Å². The van der Waals surface area contributed by atoms with Crippen molar-refractivity contribution in [3.63, 3.8) is 0 Å². The smallest absolute Gasteiger partial charge is 0.278 e. The number of benzene rings is 1. The summed E-state index contributed by atoms with van der Waals surface area (Å²) >= 11 is 0. The van der Waals surface area contributed by atoms with Gasteiger partial charge >= 0.3 is 0 Å². The summed E-state index contributed by atoms with van der Waals surface area (Å²) in [5, 5.41) is 15.8. The van der Waals surface area contributed by atoms with E-state index in [4.69, 9.17) is 4.74 Å². The molecule has 0 aliphatic carbocycles. The van der Waals surface area contributed by atoms with E-state index in [1.165, 1.54) is 32.3 Å². The molecule has 3 N–H and O–H groups in total. The summed E-state index contributed by atoms with van der Waals surface area (Å²) in [7, 11) is 2.98. The van der Waals surface area contributed by atoms with Gasteiger partial charge in [-0.05, 0) is 31.5 Å². The van der Waals surface area contributed by atoms with Crippen molar-refractivity contribution in [2.75, 3.05) is 32.6 Å². The van der Waals surface area contributed by atoms with Crippen LogP contribution in [0.2, 0.25) is 0 Å². The lowest BCUT2D eigenvalue weighted by atomic mass is 10.1. The first-order chi connectivity index (χ1) is 13.4. The van der Waals surface area contributed by atoms with E-state index in [1.807, 2.05) is 0 Å². The molecular weight excluding hydrogens is 364 g/mol. The molecule has 1 aromatic carbocycles. The highest BCUT2D eigenvalue weighted by atomic mass is 16.5. The average molecular weight is 386 g/mol. The Bertz CT molecular complexity index is 883. The number of carbonyl (C=O) groups excluding carboxylic acids is 3. The third kappa shape index (κ3) is 3.86. The number of aromatic nitrogens is 3. The van der Waals surface area contributed by atoms with Gasteiger partial charge in [0.2, 0.25) is 0 Å². The van der Waals surface area contributed by atoms with Gasteiger partial charge in [-0.2, -0.15) is 0 Å². The summed E-state index contributed by atoms with van der Waals surface area (Å²) in [5.74, 6) is -1.21. The molecule has 1 aromatic heterocycles. The highest BCUT2D eigenvalue weighted by Gasteiger charge is 2.25. The highest BCUT2D eigenvalue weighted by Crippen LogP contribution is 2.21. The van der Waals surface area contributed by atoms with E-state index >= 15 is 0 Å². The molecule has 2 aromatic rings. The number of nitrogens with one attached hydrogen (secondary N) is 3. The Morgan fingerprint density at radius 1 is 1.07 bits per heavy atom. The van der Waals surface area contributed by atoms with E-state index in [1.54, 1.807) is 11.6 Å². The first-order valence-electron chi connectivity index (χ1n) is 8.84. The second-order valence-electron chi connectivity index (χ2n) is 6.40. The Kier molecular flexibility index (Phi) is 5.69. The number of rotatable bonds is 5. The van der Waals surface area contributed by atoms with Crippen molar-refractivity contribution < 1.29 is 19.1 Å². The molecule has 3 amide bonds. The molecule has 10 nitrogen and oxygen atoms in total. The molecule has 1 saturated heterocycles. The second-order valence-corrected chi connectivity index (χ2v) is 6.40. The van der Waals surface area contributed by atoms with Crippen LogP contribution in [0.4, 0.5) is 5.69 Å². The lowest BCUT2D eigenvalue weighted by Crippen LogP contribution is -2.22. The molecule has 1 aliphatic heterocycles. The van der Waals surface area contributed by atoms with Crippen molar-refractivity contribution in [3.8, 4) is 0 Å². The molecule has 28 heavy (non-hydrogen) atoms. The zero-order chi connectivity index (χ0) is 20.3. The van der Waals surface area contributed by atoms with Crippen molar-refractivity contribution in [1.82, 2.24) is 25.6 Å². The Labute approximate surface area is 161 Å². The van der Waals surface area contributed by atoms with Crippen LogP contribution in [0, 0.1) is 6.92 Å². The normalized spacial score (nSPS) is 15.9. The first kappa shape index (κ1) is 19.5. The van der Waals surface area contributed by atoms with Gasteiger partial charge in [0.05, 0.1) is 18.3 Å². The van der Waals surface area contributed by atoms with E-state index < -0.39 is 5.91 Å². The van der Waals surface area contributed by atoms with Crippen LogP contribution >= 0.6 is 0 Å². The first-order valence-corrected chi connectivity index (χ1v) is 8.84. The lowest BCUT2D eigenvalue weighted by molar-refractivity contribution is 0.0960. The predicted octanol–water partition coefficient (Wildman–Crippen LogP) is 0.519. The number of hydrogen-bond donors (Lipinski definition) is 3. The fourth-order valence-corrected chi connectivity index (χ4v) is 3.05. The third-order valence-electron chi connectivity index (χ3n) is 4.56. The molecule has 0 saturated carbocycles. The van der Waals surface area contributed by atoms with Crippen molar-refractivity contribution in [2.24, 2.45) is 0 Å². The molecule has 148 valence electrons. The van der Waals surface area contributed by atoms with Crippen LogP contribution in [0.25, 0.3) is 0 Å². The van der Waals surface area contributed by atoms with Crippen LogP contribution in [-0.2, 0) is 4.74 Å². The van der Waals surface area contributed by atoms with Gasteiger partial charge in [0, 0.05) is 37.5 Å². The van der Waals surface area contributed by atoms with Gasteiger partial charge in [0.1, 0.15) is 0 Å². The fraction of sp³-hybridized carbons (Fsp3) is 0.389. The zero-order valence-electron chi connectivity index (χ0n) is 15.9. The SMILES string of the molecule is CNC(=O)c1cc(NC(=O)c2nnn(C3CCOC3)c2C)cc(C(=O)NC)c1. The number of anilines is 1. The van der Waals surface area contributed by atoms with Crippen molar-refractivity contribution >= 4 is 23.4 Å². The number of carbonyl (C=O) groups is 3. The molecule has 0 spiro atoms. The minimum Gasteiger partial charge on any atom is -0.379 e. The largest absolute Gasteiger partial charge is 0.379 e. The summed E-state index contributed by atoms with van der Waals surface area (Å²) in [5.41, 5.74) is 1.62. The Balaban J connectivity index is 1.87. The summed E-state index contributed by atoms with van der Waals surface area (Å²) < 4.78 is 7.05. The summed E-state index contributed by atoms with van der Waals surface area (Å²) in [6.45, 7) is 2.96. The van der Waals surface area contributed by atoms with Crippen LogP contribution in [0.3, 0.4) is 0 Å². The molecule has 1 aliphatic rings. The standard InChI is InChI=1S/C18H22N6O4/c1-10-15(22-23-24(10)14-4-5-28-9-14)18(27)21-13-7-11(16(25)19-2)6-12(8-13)17(26)20-3/h6-8,14H,4-5,9H2,1-3H3,(H,19,25)(H,20,26)(H,21,27). The van der Waals surface area contributed by atoms with Gasteiger partial charge < -0.3 is 20.7 Å². The molecule has 0 radical (unpaired) electrons. The average Bonchev–Trinajstić information content (AvgIpc) is 3.35. The molecular formula is C18H22N6O4. The maximum absolute atomic E-state index is 12.7. The Hall–Kier alpha value is -3.27. The summed E-state index contributed by atoms with van der Waals surface area (Å²) in [4.78, 5) is 36.7. The van der Waals surface area contributed by atoms with Crippen molar-refractivity contribution in [1.29, 1.82) is 0 Å². The van der Waals surface area contributed by atoms with Crippen LogP contribution < -0.4 is 16.0 Å². The van der Waals surface area contributed by atoms with Gasteiger partial charge in [0.25, 0.3) is 17.7 Å². The van der Waals surface area contributed by atoms with Crippen molar-refractivity contribution in [2.45, 2.75) is 19.4 Å². The number of ether oxygens (including phenoxy) is 1. The number of nitrogens with zero attached hydrogens (tertiary/aromatic N) is 3. The minimum absolute atomic E-state index is 0.0606. The number of amides is 3. The molecule has 3 rings (SSSR count). The molecule has 1 fully saturated rings. The molecule has 1 unspecified atom stereocenters. The predicted molar refractivity (Wildman–Crippen MR) is 100 cm³/mol. The van der Waals surface area contributed by atoms with Gasteiger partial charge in [-0.15, -0.1) is 5.10 Å². The number of hydrogen-bond acceptors (Lipinski definition) is 6. The summed E-state index contributed by atoms with van der Waals surface area (Å²) in [6.07, 6.45) is 0.814. The Morgan fingerprint density at radius 3 is 2.25 bits per heavy atom. The van der Waals surface area contributed by atoms with Crippen LogP contribution in [0.5, 0.6) is 0 Å². The second kappa shape index (κ2) is 8.17. The molecule has 2 heterocycles.